The van der Waals surface area contributed by atoms with Crippen LogP contribution in [0.15, 0.2) is 18.2 Å². The van der Waals surface area contributed by atoms with E-state index in [0.29, 0.717) is 30.3 Å². The van der Waals surface area contributed by atoms with Gasteiger partial charge in [-0.05, 0) is 43.5 Å². The van der Waals surface area contributed by atoms with E-state index in [0.717, 1.165) is 12.8 Å². The van der Waals surface area contributed by atoms with Crippen molar-refractivity contribution in [3.8, 4) is 0 Å². The van der Waals surface area contributed by atoms with Crippen molar-refractivity contribution in [2.45, 2.75) is 25.8 Å². The molecule has 1 saturated carbocycles. The average molecular weight is 236 g/mol. The van der Waals surface area contributed by atoms with Crippen molar-refractivity contribution in [2.75, 3.05) is 13.1 Å². The molecule has 3 nitrogen and oxygen atoms in total. The summed E-state index contributed by atoms with van der Waals surface area (Å²) < 4.78 is 13.1. The molecular formula is C13H17FN2O. The lowest BCUT2D eigenvalue weighted by atomic mass is 10.1. The van der Waals surface area contributed by atoms with Gasteiger partial charge in [0.1, 0.15) is 5.82 Å². The Labute approximate surface area is 100 Å². The number of aryl methyl sites for hydroxylation is 1. The Hall–Kier alpha value is -1.42. The molecule has 4 heteroatoms. The fraction of sp³-hybridized carbons (Fsp3) is 0.462. The van der Waals surface area contributed by atoms with E-state index in [1.165, 1.54) is 12.1 Å². The number of hydrogen-bond acceptors (Lipinski definition) is 2. The number of hydrogen-bond donors (Lipinski definition) is 1. The predicted molar refractivity (Wildman–Crippen MR) is 64.2 cm³/mol. The molecule has 1 aliphatic rings. The SMILES string of the molecule is Cc1cc(C(=O)N(CCN)C2CC2)ccc1F. The molecule has 0 spiro atoms. The molecule has 1 aliphatic carbocycles. The molecule has 92 valence electrons. The number of halogens is 1. The first-order chi connectivity index (χ1) is 8.13. The average Bonchev–Trinajstić information content (AvgIpc) is 3.13. The molecule has 2 N–H and O–H groups in total. The fourth-order valence-electron chi connectivity index (χ4n) is 1.92. The molecule has 0 radical (unpaired) electrons. The lowest BCUT2D eigenvalue weighted by Crippen LogP contribution is -2.37. The van der Waals surface area contributed by atoms with E-state index in [1.54, 1.807) is 17.9 Å². The van der Waals surface area contributed by atoms with Gasteiger partial charge in [-0.25, -0.2) is 4.39 Å². The Kier molecular flexibility index (Phi) is 3.43. The summed E-state index contributed by atoms with van der Waals surface area (Å²) >= 11 is 0. The van der Waals surface area contributed by atoms with Crippen LogP contribution >= 0.6 is 0 Å². The lowest BCUT2D eigenvalue weighted by molar-refractivity contribution is 0.0748. The van der Waals surface area contributed by atoms with Gasteiger partial charge in [-0.2, -0.15) is 0 Å². The van der Waals surface area contributed by atoms with E-state index in [4.69, 9.17) is 5.73 Å². The molecule has 0 heterocycles. The fourth-order valence-corrected chi connectivity index (χ4v) is 1.92. The van der Waals surface area contributed by atoms with E-state index in [9.17, 15) is 9.18 Å². The monoisotopic (exact) mass is 236 g/mol. The summed E-state index contributed by atoms with van der Waals surface area (Å²) in [6.45, 7) is 2.69. The van der Waals surface area contributed by atoms with Crippen LogP contribution in [0.4, 0.5) is 4.39 Å². The van der Waals surface area contributed by atoms with Crippen LogP contribution in [0.3, 0.4) is 0 Å². The highest BCUT2D eigenvalue weighted by molar-refractivity contribution is 5.94. The third-order valence-corrected chi connectivity index (χ3v) is 3.02. The highest BCUT2D eigenvalue weighted by Crippen LogP contribution is 2.28. The molecule has 0 bridgehead atoms. The molecule has 1 aromatic carbocycles. The maximum atomic E-state index is 13.1. The molecular weight excluding hydrogens is 219 g/mol. The lowest BCUT2D eigenvalue weighted by Gasteiger charge is -2.21. The van der Waals surface area contributed by atoms with Gasteiger partial charge in [0, 0.05) is 24.7 Å². The molecule has 0 atom stereocenters. The van der Waals surface area contributed by atoms with Gasteiger partial charge in [0.2, 0.25) is 0 Å². The minimum absolute atomic E-state index is 0.0407. The number of nitrogens with two attached hydrogens (primary N) is 1. The van der Waals surface area contributed by atoms with Crippen molar-refractivity contribution in [1.82, 2.24) is 4.90 Å². The van der Waals surface area contributed by atoms with Gasteiger partial charge in [0.25, 0.3) is 5.91 Å². The van der Waals surface area contributed by atoms with Crippen molar-refractivity contribution in [3.63, 3.8) is 0 Å². The van der Waals surface area contributed by atoms with Crippen LogP contribution in [-0.2, 0) is 0 Å². The second kappa shape index (κ2) is 4.84. The molecule has 17 heavy (non-hydrogen) atoms. The Balaban J connectivity index is 2.19. The van der Waals surface area contributed by atoms with Crippen LogP contribution in [0.5, 0.6) is 0 Å². The smallest absolute Gasteiger partial charge is 0.254 e. The normalized spacial score (nSPS) is 14.8. The highest BCUT2D eigenvalue weighted by Gasteiger charge is 2.32. The minimum Gasteiger partial charge on any atom is -0.334 e. The van der Waals surface area contributed by atoms with E-state index in [2.05, 4.69) is 0 Å². The van der Waals surface area contributed by atoms with Crippen molar-refractivity contribution >= 4 is 5.91 Å². The molecule has 2 rings (SSSR count). The van der Waals surface area contributed by atoms with E-state index in [1.807, 2.05) is 0 Å². The third-order valence-electron chi connectivity index (χ3n) is 3.02. The number of nitrogens with zero attached hydrogens (tertiary/aromatic N) is 1. The molecule has 0 unspecified atom stereocenters. The van der Waals surface area contributed by atoms with Gasteiger partial charge in [0.15, 0.2) is 0 Å². The quantitative estimate of drug-likeness (QED) is 0.864. The van der Waals surface area contributed by atoms with Crippen LogP contribution in [0.2, 0.25) is 0 Å². The summed E-state index contributed by atoms with van der Waals surface area (Å²) in [6.07, 6.45) is 2.10. The molecule has 1 amide bonds. The van der Waals surface area contributed by atoms with Crippen molar-refractivity contribution in [1.29, 1.82) is 0 Å². The van der Waals surface area contributed by atoms with E-state index in [-0.39, 0.29) is 11.7 Å². The van der Waals surface area contributed by atoms with Crippen molar-refractivity contribution < 1.29 is 9.18 Å². The number of benzene rings is 1. The van der Waals surface area contributed by atoms with Crippen LogP contribution in [0.1, 0.15) is 28.8 Å². The van der Waals surface area contributed by atoms with Gasteiger partial charge in [-0.15, -0.1) is 0 Å². The van der Waals surface area contributed by atoms with E-state index < -0.39 is 0 Å². The van der Waals surface area contributed by atoms with E-state index >= 15 is 0 Å². The molecule has 0 aromatic heterocycles. The van der Waals surface area contributed by atoms with Gasteiger partial charge >= 0.3 is 0 Å². The third kappa shape index (κ3) is 2.64. The second-order valence-electron chi connectivity index (χ2n) is 4.48. The topological polar surface area (TPSA) is 46.3 Å². The molecule has 1 aromatic rings. The zero-order chi connectivity index (χ0) is 12.4. The first-order valence-electron chi connectivity index (χ1n) is 5.90. The van der Waals surface area contributed by atoms with Crippen molar-refractivity contribution in [2.24, 2.45) is 5.73 Å². The summed E-state index contributed by atoms with van der Waals surface area (Å²) in [5, 5.41) is 0. The number of amides is 1. The number of carbonyl (C=O) groups is 1. The highest BCUT2D eigenvalue weighted by atomic mass is 19.1. The molecule has 1 fully saturated rings. The Morgan fingerprint density at radius 1 is 1.53 bits per heavy atom. The zero-order valence-electron chi connectivity index (χ0n) is 9.95. The van der Waals surface area contributed by atoms with Crippen LogP contribution in [-0.4, -0.2) is 29.9 Å². The van der Waals surface area contributed by atoms with Gasteiger partial charge in [-0.3, -0.25) is 4.79 Å². The summed E-state index contributed by atoms with van der Waals surface area (Å²) in [7, 11) is 0. The first kappa shape index (κ1) is 12.0. The predicted octanol–water partition coefficient (Wildman–Crippen LogP) is 1.70. The van der Waals surface area contributed by atoms with Gasteiger partial charge < -0.3 is 10.6 Å². The second-order valence-corrected chi connectivity index (χ2v) is 4.48. The largest absolute Gasteiger partial charge is 0.334 e. The van der Waals surface area contributed by atoms with Crippen molar-refractivity contribution in [3.05, 3.63) is 35.1 Å². The molecule has 0 aliphatic heterocycles. The number of rotatable bonds is 4. The maximum absolute atomic E-state index is 13.1. The van der Waals surface area contributed by atoms with Gasteiger partial charge in [-0.1, -0.05) is 0 Å². The van der Waals surface area contributed by atoms with Crippen LogP contribution < -0.4 is 5.73 Å². The minimum atomic E-state index is -0.279. The Bertz CT molecular complexity index is 429. The molecule has 0 saturated heterocycles. The standard InChI is InChI=1S/C13H17FN2O/c1-9-8-10(2-5-12(9)14)13(17)16(7-6-15)11-3-4-11/h2,5,8,11H,3-4,6-7,15H2,1H3. The Morgan fingerprint density at radius 2 is 2.24 bits per heavy atom. The summed E-state index contributed by atoms with van der Waals surface area (Å²) in [5.74, 6) is -0.320. The van der Waals surface area contributed by atoms with Crippen LogP contribution in [0, 0.1) is 12.7 Å². The first-order valence-corrected chi connectivity index (χ1v) is 5.90. The zero-order valence-corrected chi connectivity index (χ0v) is 9.95. The summed E-state index contributed by atoms with van der Waals surface area (Å²) in [6, 6.07) is 4.81. The maximum Gasteiger partial charge on any atom is 0.254 e. The Morgan fingerprint density at radius 3 is 2.76 bits per heavy atom. The summed E-state index contributed by atoms with van der Waals surface area (Å²) in [4.78, 5) is 14.0. The van der Waals surface area contributed by atoms with Crippen LogP contribution in [0.25, 0.3) is 0 Å². The van der Waals surface area contributed by atoms with Gasteiger partial charge in [0.05, 0.1) is 0 Å². The number of carbonyl (C=O) groups excluding carboxylic acids is 1. The summed E-state index contributed by atoms with van der Waals surface area (Å²) in [5.41, 5.74) is 6.56.